The summed E-state index contributed by atoms with van der Waals surface area (Å²) in [6, 6.07) is 0. The first-order chi connectivity index (χ1) is 8.31. The molecule has 1 N–H and O–H groups in total. The van der Waals surface area contributed by atoms with E-state index in [1.165, 1.54) is 0 Å². The van der Waals surface area contributed by atoms with Gasteiger partial charge in [-0.2, -0.15) is 0 Å². The van der Waals surface area contributed by atoms with Crippen molar-refractivity contribution in [1.82, 2.24) is 0 Å². The molecular formula is C14H31O3P. The predicted octanol–water partition coefficient (Wildman–Crippen LogP) is 4.60. The molecule has 0 bridgehead atoms. The van der Waals surface area contributed by atoms with Gasteiger partial charge in [-0.1, -0.05) is 41.5 Å². The molecule has 0 aliphatic carbocycles. The Hall–Kier alpha value is 0.310. The van der Waals surface area contributed by atoms with E-state index in [0.717, 1.165) is 12.8 Å². The lowest BCUT2D eigenvalue weighted by Crippen LogP contribution is -2.10. The summed E-state index contributed by atoms with van der Waals surface area (Å²) in [5.41, 5.74) is 0. The molecular weight excluding hydrogens is 247 g/mol. The Morgan fingerprint density at radius 2 is 1.11 bits per heavy atom. The van der Waals surface area contributed by atoms with Gasteiger partial charge >= 0.3 is 8.60 Å². The summed E-state index contributed by atoms with van der Waals surface area (Å²) < 4.78 is 10.7. The van der Waals surface area contributed by atoms with Gasteiger partial charge in [-0.3, -0.25) is 0 Å². The Balaban J connectivity index is 3.61. The molecule has 0 heterocycles. The molecule has 2 atom stereocenters. The van der Waals surface area contributed by atoms with E-state index in [-0.39, 0.29) is 0 Å². The average Bonchev–Trinajstić information content (AvgIpc) is 2.21. The molecule has 2 unspecified atom stereocenters. The lowest BCUT2D eigenvalue weighted by Gasteiger charge is -2.18. The van der Waals surface area contributed by atoms with Crippen molar-refractivity contribution in [1.29, 1.82) is 0 Å². The van der Waals surface area contributed by atoms with E-state index in [1.807, 2.05) is 0 Å². The molecule has 0 saturated heterocycles. The predicted molar refractivity (Wildman–Crippen MR) is 78.3 cm³/mol. The van der Waals surface area contributed by atoms with Crippen LogP contribution in [0, 0.1) is 23.7 Å². The highest BCUT2D eigenvalue weighted by molar-refractivity contribution is 7.40. The van der Waals surface area contributed by atoms with Gasteiger partial charge < -0.3 is 13.9 Å². The van der Waals surface area contributed by atoms with Gasteiger partial charge in [0.25, 0.3) is 0 Å². The van der Waals surface area contributed by atoms with Crippen LogP contribution in [0.1, 0.15) is 54.4 Å². The van der Waals surface area contributed by atoms with Crippen molar-refractivity contribution in [3.05, 3.63) is 0 Å². The Morgan fingerprint density at radius 3 is 1.39 bits per heavy atom. The zero-order valence-electron chi connectivity index (χ0n) is 12.8. The highest BCUT2D eigenvalue weighted by Gasteiger charge is 2.13. The van der Waals surface area contributed by atoms with Crippen molar-refractivity contribution in [3.63, 3.8) is 0 Å². The molecule has 4 heteroatoms. The fourth-order valence-electron chi connectivity index (χ4n) is 2.16. The molecule has 0 aromatic rings. The molecule has 3 nitrogen and oxygen atoms in total. The summed E-state index contributed by atoms with van der Waals surface area (Å²) in [5, 5.41) is 0. The summed E-state index contributed by atoms with van der Waals surface area (Å²) in [5.74, 6) is 2.28. The second-order valence-electron chi connectivity index (χ2n) is 6.30. The first-order valence-electron chi connectivity index (χ1n) is 7.06. The SMILES string of the molecule is CC(C)CC(C)COP(O)OCC(C)CC(C)C. The minimum absolute atomic E-state index is 0.471. The van der Waals surface area contributed by atoms with Crippen LogP contribution >= 0.6 is 8.60 Å². The van der Waals surface area contributed by atoms with Gasteiger partial charge in [0, 0.05) is 0 Å². The van der Waals surface area contributed by atoms with E-state index >= 15 is 0 Å². The van der Waals surface area contributed by atoms with Crippen molar-refractivity contribution in [2.75, 3.05) is 13.2 Å². The summed E-state index contributed by atoms with van der Waals surface area (Å²) in [4.78, 5) is 9.64. The molecule has 110 valence electrons. The van der Waals surface area contributed by atoms with Gasteiger partial charge in [0.1, 0.15) is 0 Å². The first kappa shape index (κ1) is 18.3. The van der Waals surface area contributed by atoms with Gasteiger partial charge in [0.2, 0.25) is 0 Å². The lowest BCUT2D eigenvalue weighted by atomic mass is 10.0. The minimum Gasteiger partial charge on any atom is -0.328 e. The third-order valence-corrected chi connectivity index (χ3v) is 3.43. The largest absolute Gasteiger partial charge is 0.329 e. The summed E-state index contributed by atoms with van der Waals surface area (Å²) in [7, 11) is -1.70. The number of hydrogen-bond donors (Lipinski definition) is 1. The van der Waals surface area contributed by atoms with Gasteiger partial charge in [-0.25, -0.2) is 0 Å². The second-order valence-corrected chi connectivity index (χ2v) is 7.29. The molecule has 0 aromatic carbocycles. The van der Waals surface area contributed by atoms with Crippen molar-refractivity contribution in [3.8, 4) is 0 Å². The van der Waals surface area contributed by atoms with E-state index in [2.05, 4.69) is 41.5 Å². The fraction of sp³-hybridized carbons (Fsp3) is 1.00. The third-order valence-electron chi connectivity index (χ3n) is 2.69. The molecule has 0 amide bonds. The van der Waals surface area contributed by atoms with Crippen LogP contribution in [0.3, 0.4) is 0 Å². The van der Waals surface area contributed by atoms with Crippen LogP contribution in [0.2, 0.25) is 0 Å². The molecule has 0 aromatic heterocycles. The molecule has 0 fully saturated rings. The van der Waals surface area contributed by atoms with Crippen LogP contribution in [-0.4, -0.2) is 18.1 Å². The number of rotatable bonds is 10. The highest BCUT2D eigenvalue weighted by Crippen LogP contribution is 2.35. The van der Waals surface area contributed by atoms with Crippen LogP contribution in [-0.2, 0) is 9.05 Å². The molecule has 18 heavy (non-hydrogen) atoms. The Kier molecular flexibility index (Phi) is 10.3. The van der Waals surface area contributed by atoms with Crippen LogP contribution in [0.4, 0.5) is 0 Å². The Morgan fingerprint density at radius 1 is 0.778 bits per heavy atom. The molecule has 0 saturated carbocycles. The normalized spacial score (nSPS) is 17.2. The van der Waals surface area contributed by atoms with Crippen molar-refractivity contribution in [2.45, 2.75) is 54.4 Å². The van der Waals surface area contributed by atoms with Gasteiger partial charge in [-0.05, 0) is 36.5 Å². The van der Waals surface area contributed by atoms with E-state index in [1.54, 1.807) is 0 Å². The quantitative estimate of drug-likeness (QED) is 0.593. The second kappa shape index (κ2) is 10.1. The monoisotopic (exact) mass is 278 g/mol. The maximum absolute atomic E-state index is 9.64. The molecule has 0 aliphatic heterocycles. The van der Waals surface area contributed by atoms with E-state index in [9.17, 15) is 4.89 Å². The molecule has 0 rings (SSSR count). The van der Waals surface area contributed by atoms with E-state index < -0.39 is 8.60 Å². The van der Waals surface area contributed by atoms with E-state index in [4.69, 9.17) is 9.05 Å². The lowest BCUT2D eigenvalue weighted by molar-refractivity contribution is 0.152. The zero-order chi connectivity index (χ0) is 14.1. The maximum Gasteiger partial charge on any atom is 0.329 e. The fourth-order valence-corrected chi connectivity index (χ4v) is 3.00. The summed E-state index contributed by atoms with van der Waals surface area (Å²) >= 11 is 0. The standard InChI is InChI=1S/C14H31O3P/c1-11(2)7-13(5)9-16-18(15)17-10-14(6)8-12(3)4/h11-15H,7-10H2,1-6H3. The molecule has 0 aliphatic rings. The Bertz CT molecular complexity index is 177. The van der Waals surface area contributed by atoms with Gasteiger partial charge in [-0.15, -0.1) is 0 Å². The van der Waals surface area contributed by atoms with Crippen LogP contribution in [0.15, 0.2) is 0 Å². The van der Waals surface area contributed by atoms with Crippen LogP contribution < -0.4 is 0 Å². The Labute approximate surface area is 114 Å². The van der Waals surface area contributed by atoms with Crippen LogP contribution in [0.25, 0.3) is 0 Å². The van der Waals surface area contributed by atoms with Crippen molar-refractivity contribution >= 4 is 8.60 Å². The zero-order valence-corrected chi connectivity index (χ0v) is 13.7. The summed E-state index contributed by atoms with van der Waals surface area (Å²) in [6.45, 7) is 14.2. The van der Waals surface area contributed by atoms with Crippen LogP contribution in [0.5, 0.6) is 0 Å². The molecule has 0 spiro atoms. The molecule has 0 radical (unpaired) electrons. The topological polar surface area (TPSA) is 38.7 Å². The average molecular weight is 278 g/mol. The van der Waals surface area contributed by atoms with Gasteiger partial charge in [0.05, 0.1) is 13.2 Å². The highest BCUT2D eigenvalue weighted by atomic mass is 31.2. The van der Waals surface area contributed by atoms with Crippen molar-refractivity contribution in [2.24, 2.45) is 23.7 Å². The third kappa shape index (κ3) is 11.4. The maximum atomic E-state index is 9.64. The van der Waals surface area contributed by atoms with E-state index in [0.29, 0.717) is 36.9 Å². The number of hydrogen-bond acceptors (Lipinski definition) is 3. The summed E-state index contributed by atoms with van der Waals surface area (Å²) in [6.07, 6.45) is 2.24. The van der Waals surface area contributed by atoms with Crippen molar-refractivity contribution < 1.29 is 13.9 Å². The smallest absolute Gasteiger partial charge is 0.328 e. The van der Waals surface area contributed by atoms with Gasteiger partial charge in [0.15, 0.2) is 0 Å². The first-order valence-corrected chi connectivity index (χ1v) is 8.19. The minimum atomic E-state index is -1.70.